The van der Waals surface area contributed by atoms with E-state index in [-0.39, 0.29) is 6.10 Å². The van der Waals surface area contributed by atoms with E-state index >= 15 is 0 Å². The van der Waals surface area contributed by atoms with Crippen molar-refractivity contribution < 1.29 is 4.74 Å². The molecule has 2 heterocycles. The molecule has 0 amide bonds. The van der Waals surface area contributed by atoms with Crippen molar-refractivity contribution in [3.63, 3.8) is 0 Å². The average molecular weight is 260 g/mol. The first-order valence-corrected chi connectivity index (χ1v) is 7.45. The standard InChI is InChI=1S/C16H24N2O/c1-11(2)18-10-12(3)19-16-9-14-5-7-17-6-4-13(14)8-15(16)18/h8-9,11-12,17H,4-7,10H2,1-3H3. The summed E-state index contributed by atoms with van der Waals surface area (Å²) in [6, 6.07) is 5.17. The van der Waals surface area contributed by atoms with Crippen LogP contribution in [0, 0.1) is 0 Å². The molecule has 0 fully saturated rings. The van der Waals surface area contributed by atoms with Crippen molar-refractivity contribution in [1.29, 1.82) is 0 Å². The van der Waals surface area contributed by atoms with E-state index in [2.05, 4.69) is 43.1 Å². The predicted molar refractivity (Wildman–Crippen MR) is 79.3 cm³/mol. The Bertz CT molecular complexity index is 470. The summed E-state index contributed by atoms with van der Waals surface area (Å²) in [6.45, 7) is 9.83. The molecule has 0 radical (unpaired) electrons. The molecule has 19 heavy (non-hydrogen) atoms. The second kappa shape index (κ2) is 5.04. The van der Waals surface area contributed by atoms with Gasteiger partial charge in [-0.05, 0) is 70.0 Å². The smallest absolute Gasteiger partial charge is 0.143 e. The highest BCUT2D eigenvalue weighted by Gasteiger charge is 2.26. The number of rotatable bonds is 1. The van der Waals surface area contributed by atoms with Gasteiger partial charge in [0.2, 0.25) is 0 Å². The number of fused-ring (bicyclic) bond motifs is 2. The molecule has 1 N–H and O–H groups in total. The van der Waals surface area contributed by atoms with Crippen LogP contribution >= 0.6 is 0 Å². The molecule has 2 aliphatic heterocycles. The van der Waals surface area contributed by atoms with Gasteiger partial charge in [0.1, 0.15) is 11.9 Å². The Morgan fingerprint density at radius 1 is 1.21 bits per heavy atom. The topological polar surface area (TPSA) is 24.5 Å². The third-order valence-electron chi connectivity index (χ3n) is 4.14. The predicted octanol–water partition coefficient (Wildman–Crippen LogP) is 2.37. The number of anilines is 1. The number of benzene rings is 1. The Morgan fingerprint density at radius 2 is 1.89 bits per heavy atom. The van der Waals surface area contributed by atoms with Crippen LogP contribution in [0.4, 0.5) is 5.69 Å². The number of hydrogen-bond acceptors (Lipinski definition) is 3. The second-order valence-corrected chi connectivity index (χ2v) is 6.01. The van der Waals surface area contributed by atoms with E-state index in [9.17, 15) is 0 Å². The molecule has 3 heteroatoms. The summed E-state index contributed by atoms with van der Waals surface area (Å²) in [4.78, 5) is 2.47. The SMILES string of the molecule is CC1CN(C(C)C)c2cc3c(cc2O1)CCNCC3. The summed E-state index contributed by atoms with van der Waals surface area (Å²) in [5, 5.41) is 3.47. The Morgan fingerprint density at radius 3 is 2.58 bits per heavy atom. The molecule has 2 aliphatic rings. The van der Waals surface area contributed by atoms with E-state index in [1.54, 1.807) is 0 Å². The summed E-state index contributed by atoms with van der Waals surface area (Å²) in [7, 11) is 0. The van der Waals surface area contributed by atoms with Crippen LogP contribution in [0.25, 0.3) is 0 Å². The van der Waals surface area contributed by atoms with Gasteiger partial charge in [-0.1, -0.05) is 0 Å². The molecule has 104 valence electrons. The van der Waals surface area contributed by atoms with Crippen LogP contribution < -0.4 is 15.0 Å². The zero-order valence-corrected chi connectivity index (χ0v) is 12.2. The van der Waals surface area contributed by atoms with Gasteiger partial charge in [-0.15, -0.1) is 0 Å². The van der Waals surface area contributed by atoms with Gasteiger partial charge in [0.15, 0.2) is 0 Å². The van der Waals surface area contributed by atoms with Gasteiger partial charge in [0, 0.05) is 6.04 Å². The Balaban J connectivity index is 2.04. The lowest BCUT2D eigenvalue weighted by molar-refractivity contribution is 0.209. The third kappa shape index (κ3) is 2.44. The van der Waals surface area contributed by atoms with Gasteiger partial charge in [-0.25, -0.2) is 0 Å². The van der Waals surface area contributed by atoms with Gasteiger partial charge < -0.3 is 15.0 Å². The minimum Gasteiger partial charge on any atom is -0.487 e. The minimum atomic E-state index is 0.275. The molecule has 0 aromatic heterocycles. The van der Waals surface area contributed by atoms with Crippen molar-refractivity contribution in [3.05, 3.63) is 23.3 Å². The zero-order chi connectivity index (χ0) is 13.4. The molecule has 1 aromatic rings. The van der Waals surface area contributed by atoms with Crippen LogP contribution in [0.1, 0.15) is 31.9 Å². The molecular weight excluding hydrogens is 236 g/mol. The van der Waals surface area contributed by atoms with Crippen molar-refractivity contribution in [2.24, 2.45) is 0 Å². The van der Waals surface area contributed by atoms with Gasteiger partial charge in [-0.3, -0.25) is 0 Å². The summed E-state index contributed by atoms with van der Waals surface area (Å²) in [5.41, 5.74) is 4.24. The maximum atomic E-state index is 6.06. The van der Waals surface area contributed by atoms with Gasteiger partial charge in [0.05, 0.1) is 12.2 Å². The Kier molecular flexibility index (Phi) is 3.40. The molecular formula is C16H24N2O. The fraction of sp³-hybridized carbons (Fsp3) is 0.625. The quantitative estimate of drug-likeness (QED) is 0.839. The summed E-state index contributed by atoms with van der Waals surface area (Å²) >= 11 is 0. The highest BCUT2D eigenvalue weighted by Crippen LogP contribution is 2.37. The molecule has 1 atom stereocenters. The number of ether oxygens (including phenoxy) is 1. The number of nitrogens with one attached hydrogen (secondary N) is 1. The van der Waals surface area contributed by atoms with Crippen LogP contribution in [0.15, 0.2) is 12.1 Å². The molecule has 0 saturated heterocycles. The molecule has 1 aromatic carbocycles. The normalized spacial score (nSPS) is 22.5. The third-order valence-corrected chi connectivity index (χ3v) is 4.14. The largest absolute Gasteiger partial charge is 0.487 e. The zero-order valence-electron chi connectivity index (χ0n) is 12.2. The maximum Gasteiger partial charge on any atom is 0.143 e. The maximum absolute atomic E-state index is 6.06. The second-order valence-electron chi connectivity index (χ2n) is 6.01. The highest BCUT2D eigenvalue weighted by molar-refractivity contribution is 5.64. The molecule has 0 saturated carbocycles. The van der Waals surface area contributed by atoms with Gasteiger partial charge in [0.25, 0.3) is 0 Å². The van der Waals surface area contributed by atoms with E-state index < -0.39 is 0 Å². The summed E-state index contributed by atoms with van der Waals surface area (Å²) in [5.74, 6) is 1.08. The van der Waals surface area contributed by atoms with E-state index in [0.29, 0.717) is 6.04 Å². The summed E-state index contributed by atoms with van der Waals surface area (Å²) < 4.78 is 6.06. The molecule has 3 nitrogen and oxygen atoms in total. The van der Waals surface area contributed by atoms with Crippen molar-refractivity contribution in [2.45, 2.75) is 45.8 Å². The van der Waals surface area contributed by atoms with Crippen LogP contribution in [0.5, 0.6) is 5.75 Å². The molecule has 0 bridgehead atoms. The van der Waals surface area contributed by atoms with Crippen LogP contribution in [0.3, 0.4) is 0 Å². The number of nitrogens with zero attached hydrogens (tertiary/aromatic N) is 1. The van der Waals surface area contributed by atoms with E-state index in [4.69, 9.17) is 4.74 Å². The molecule has 0 aliphatic carbocycles. The Hall–Kier alpha value is -1.22. The van der Waals surface area contributed by atoms with Gasteiger partial charge in [-0.2, -0.15) is 0 Å². The lowest BCUT2D eigenvalue weighted by Crippen LogP contribution is -2.42. The minimum absolute atomic E-state index is 0.275. The van der Waals surface area contributed by atoms with Gasteiger partial charge >= 0.3 is 0 Å². The number of hydrogen-bond donors (Lipinski definition) is 1. The molecule has 0 spiro atoms. The first-order valence-electron chi connectivity index (χ1n) is 7.45. The molecule has 3 rings (SSSR count). The summed E-state index contributed by atoms with van der Waals surface area (Å²) in [6.07, 6.45) is 2.52. The fourth-order valence-corrected chi connectivity index (χ4v) is 3.13. The highest BCUT2D eigenvalue weighted by atomic mass is 16.5. The molecule has 1 unspecified atom stereocenters. The van der Waals surface area contributed by atoms with Crippen molar-refractivity contribution in [2.75, 3.05) is 24.5 Å². The van der Waals surface area contributed by atoms with Crippen LogP contribution in [-0.4, -0.2) is 31.8 Å². The van der Waals surface area contributed by atoms with E-state index in [1.165, 1.54) is 16.8 Å². The van der Waals surface area contributed by atoms with Crippen molar-refractivity contribution in [1.82, 2.24) is 5.32 Å². The van der Waals surface area contributed by atoms with Crippen molar-refractivity contribution >= 4 is 5.69 Å². The first kappa shape index (κ1) is 12.8. The lowest BCUT2D eigenvalue weighted by Gasteiger charge is -2.38. The average Bonchev–Trinajstić information content (AvgIpc) is 2.59. The van der Waals surface area contributed by atoms with Crippen LogP contribution in [0.2, 0.25) is 0 Å². The Labute approximate surface area is 115 Å². The van der Waals surface area contributed by atoms with E-state index in [1.807, 2.05) is 0 Å². The monoisotopic (exact) mass is 260 g/mol. The van der Waals surface area contributed by atoms with E-state index in [0.717, 1.165) is 38.2 Å². The lowest BCUT2D eigenvalue weighted by atomic mass is 9.99. The fourth-order valence-electron chi connectivity index (χ4n) is 3.13. The van der Waals surface area contributed by atoms with Crippen molar-refractivity contribution in [3.8, 4) is 5.75 Å². The first-order chi connectivity index (χ1) is 9.15. The van der Waals surface area contributed by atoms with Crippen LogP contribution in [-0.2, 0) is 12.8 Å².